The lowest BCUT2D eigenvalue weighted by molar-refractivity contribution is 0.569. The van der Waals surface area contributed by atoms with E-state index >= 15 is 0 Å². The highest BCUT2D eigenvalue weighted by Crippen LogP contribution is 2.29. The molecule has 0 heterocycles. The quantitative estimate of drug-likeness (QED) is 0.851. The zero-order valence-electron chi connectivity index (χ0n) is 11.2. The van der Waals surface area contributed by atoms with E-state index in [-0.39, 0.29) is 11.9 Å². The molecule has 0 aliphatic carbocycles. The van der Waals surface area contributed by atoms with Gasteiger partial charge in [-0.2, -0.15) is 0 Å². The van der Waals surface area contributed by atoms with Crippen molar-refractivity contribution in [1.29, 1.82) is 0 Å². The zero-order chi connectivity index (χ0) is 13.0. The van der Waals surface area contributed by atoms with Gasteiger partial charge in [-0.15, -0.1) is 0 Å². The number of anilines is 1. The number of nitrogens with two attached hydrogens (primary N) is 1. The molecule has 2 N–H and O–H groups in total. The molecule has 0 radical (unpaired) electrons. The molecule has 0 aliphatic rings. The van der Waals surface area contributed by atoms with Gasteiger partial charge in [0.05, 0.1) is 0 Å². The van der Waals surface area contributed by atoms with E-state index in [0.717, 1.165) is 18.5 Å². The topological polar surface area (TPSA) is 29.3 Å². The summed E-state index contributed by atoms with van der Waals surface area (Å²) in [6.45, 7) is 6.12. The summed E-state index contributed by atoms with van der Waals surface area (Å²) in [5.41, 5.74) is 7.39. The van der Waals surface area contributed by atoms with Crippen LogP contribution in [0.5, 0.6) is 0 Å². The molecule has 0 amide bonds. The molecule has 0 spiro atoms. The molecule has 1 aromatic rings. The zero-order valence-corrected chi connectivity index (χ0v) is 11.2. The van der Waals surface area contributed by atoms with Gasteiger partial charge in [0.25, 0.3) is 0 Å². The molecule has 1 atom stereocenters. The smallest absolute Gasteiger partial charge is 0.130 e. The molecule has 0 aliphatic heterocycles. The SMILES string of the molecule is CCC(CC)N(C)c1cccc(F)c1[C@@H](C)N. The van der Waals surface area contributed by atoms with Crippen molar-refractivity contribution in [3.05, 3.63) is 29.6 Å². The van der Waals surface area contributed by atoms with Crippen molar-refractivity contribution in [2.75, 3.05) is 11.9 Å². The van der Waals surface area contributed by atoms with Gasteiger partial charge in [0.2, 0.25) is 0 Å². The first kappa shape index (κ1) is 14.0. The molecule has 0 bridgehead atoms. The fourth-order valence-corrected chi connectivity index (χ4v) is 2.32. The Morgan fingerprint density at radius 3 is 2.35 bits per heavy atom. The first-order valence-corrected chi connectivity index (χ1v) is 6.29. The summed E-state index contributed by atoms with van der Waals surface area (Å²) in [7, 11) is 2.01. The maximum absolute atomic E-state index is 13.8. The monoisotopic (exact) mass is 238 g/mol. The number of hydrogen-bond acceptors (Lipinski definition) is 2. The van der Waals surface area contributed by atoms with E-state index < -0.39 is 0 Å². The highest BCUT2D eigenvalue weighted by atomic mass is 19.1. The Morgan fingerprint density at radius 2 is 1.88 bits per heavy atom. The van der Waals surface area contributed by atoms with Crippen molar-refractivity contribution in [2.24, 2.45) is 5.73 Å². The van der Waals surface area contributed by atoms with E-state index in [1.54, 1.807) is 6.07 Å². The van der Waals surface area contributed by atoms with Crippen molar-refractivity contribution in [2.45, 2.75) is 45.7 Å². The minimum absolute atomic E-state index is 0.213. The number of halogens is 1. The van der Waals surface area contributed by atoms with Gasteiger partial charge < -0.3 is 10.6 Å². The lowest BCUT2D eigenvalue weighted by Crippen LogP contribution is -2.32. The van der Waals surface area contributed by atoms with Gasteiger partial charge in [0.15, 0.2) is 0 Å². The van der Waals surface area contributed by atoms with Crippen molar-refractivity contribution in [1.82, 2.24) is 0 Å². The maximum Gasteiger partial charge on any atom is 0.130 e. The van der Waals surface area contributed by atoms with E-state index in [4.69, 9.17) is 5.73 Å². The number of rotatable bonds is 5. The Balaban J connectivity index is 3.16. The second kappa shape index (κ2) is 6.01. The normalized spacial score (nSPS) is 12.9. The molecule has 3 heteroatoms. The average Bonchev–Trinajstić information content (AvgIpc) is 2.29. The molecular weight excluding hydrogens is 215 g/mol. The molecule has 2 nitrogen and oxygen atoms in total. The Hall–Kier alpha value is -1.09. The van der Waals surface area contributed by atoms with E-state index in [1.807, 2.05) is 20.0 Å². The van der Waals surface area contributed by atoms with Crippen molar-refractivity contribution in [3.63, 3.8) is 0 Å². The fourth-order valence-electron chi connectivity index (χ4n) is 2.32. The van der Waals surface area contributed by atoms with Gasteiger partial charge in [-0.05, 0) is 31.9 Å². The summed E-state index contributed by atoms with van der Waals surface area (Å²) in [6.07, 6.45) is 2.09. The van der Waals surface area contributed by atoms with E-state index in [9.17, 15) is 4.39 Å². The second-order valence-electron chi connectivity index (χ2n) is 4.54. The predicted molar refractivity (Wildman–Crippen MR) is 71.8 cm³/mol. The lowest BCUT2D eigenvalue weighted by atomic mass is 10.0. The van der Waals surface area contributed by atoms with Gasteiger partial charge in [-0.3, -0.25) is 0 Å². The molecule has 1 rings (SSSR count). The number of benzene rings is 1. The second-order valence-corrected chi connectivity index (χ2v) is 4.54. The highest BCUT2D eigenvalue weighted by molar-refractivity contribution is 5.55. The number of hydrogen-bond donors (Lipinski definition) is 1. The minimum Gasteiger partial charge on any atom is -0.371 e. The van der Waals surface area contributed by atoms with Crippen LogP contribution in [-0.2, 0) is 0 Å². The molecule has 0 fully saturated rings. The van der Waals surface area contributed by atoms with Crippen LogP contribution in [-0.4, -0.2) is 13.1 Å². The minimum atomic E-state index is -0.289. The van der Waals surface area contributed by atoms with Gasteiger partial charge in [-0.25, -0.2) is 4.39 Å². The molecule has 17 heavy (non-hydrogen) atoms. The molecule has 0 saturated heterocycles. The molecule has 96 valence electrons. The third kappa shape index (κ3) is 2.97. The molecular formula is C14H23FN2. The van der Waals surface area contributed by atoms with Crippen LogP contribution in [0.3, 0.4) is 0 Å². The van der Waals surface area contributed by atoms with Crippen LogP contribution in [0, 0.1) is 5.82 Å². The summed E-state index contributed by atoms with van der Waals surface area (Å²) in [6, 6.07) is 5.30. The lowest BCUT2D eigenvalue weighted by Gasteiger charge is -2.31. The fraction of sp³-hybridized carbons (Fsp3) is 0.571. The van der Waals surface area contributed by atoms with Crippen LogP contribution in [0.4, 0.5) is 10.1 Å². The molecule has 0 saturated carbocycles. The summed E-state index contributed by atoms with van der Waals surface area (Å²) in [5, 5.41) is 0. The van der Waals surface area contributed by atoms with Crippen molar-refractivity contribution >= 4 is 5.69 Å². The van der Waals surface area contributed by atoms with Gasteiger partial charge in [-0.1, -0.05) is 19.9 Å². The van der Waals surface area contributed by atoms with Crippen molar-refractivity contribution < 1.29 is 4.39 Å². The van der Waals surface area contributed by atoms with E-state index in [0.29, 0.717) is 11.6 Å². The van der Waals surface area contributed by atoms with Gasteiger partial charge >= 0.3 is 0 Å². The van der Waals surface area contributed by atoms with Crippen molar-refractivity contribution in [3.8, 4) is 0 Å². The van der Waals surface area contributed by atoms with Gasteiger partial charge in [0.1, 0.15) is 5.82 Å². The molecule has 0 aromatic heterocycles. The van der Waals surface area contributed by atoms with Crippen LogP contribution in [0.2, 0.25) is 0 Å². The van der Waals surface area contributed by atoms with E-state index in [1.165, 1.54) is 6.07 Å². The van der Waals surface area contributed by atoms with Crippen LogP contribution in [0.25, 0.3) is 0 Å². The third-order valence-corrected chi connectivity index (χ3v) is 3.36. The van der Waals surface area contributed by atoms with Crippen LogP contribution in [0.1, 0.15) is 45.2 Å². The third-order valence-electron chi connectivity index (χ3n) is 3.36. The number of nitrogens with zero attached hydrogens (tertiary/aromatic N) is 1. The first-order valence-electron chi connectivity index (χ1n) is 6.29. The molecule has 1 aromatic carbocycles. The Kier molecular flexibility index (Phi) is 4.94. The van der Waals surface area contributed by atoms with Crippen LogP contribution in [0.15, 0.2) is 18.2 Å². The standard InChI is InChI=1S/C14H23FN2/c1-5-11(6-2)17(4)13-9-7-8-12(15)14(13)10(3)16/h7-11H,5-6,16H2,1-4H3/t10-/m1/s1. The van der Waals surface area contributed by atoms with E-state index in [2.05, 4.69) is 18.7 Å². The largest absolute Gasteiger partial charge is 0.371 e. The molecule has 0 unspecified atom stereocenters. The summed E-state index contributed by atoms with van der Waals surface area (Å²) >= 11 is 0. The first-order chi connectivity index (χ1) is 8.02. The maximum atomic E-state index is 13.8. The summed E-state index contributed by atoms with van der Waals surface area (Å²) in [5.74, 6) is -0.213. The average molecular weight is 238 g/mol. The van der Waals surface area contributed by atoms with Crippen LogP contribution >= 0.6 is 0 Å². The predicted octanol–water partition coefficient (Wildman–Crippen LogP) is 3.47. The Labute approximate surface area is 104 Å². The van der Waals surface area contributed by atoms with Gasteiger partial charge in [0, 0.05) is 30.4 Å². The highest BCUT2D eigenvalue weighted by Gasteiger charge is 2.18. The Morgan fingerprint density at radius 1 is 1.29 bits per heavy atom. The Bertz CT molecular complexity index is 359. The summed E-state index contributed by atoms with van der Waals surface area (Å²) in [4.78, 5) is 2.14. The van der Waals surface area contributed by atoms with Crippen LogP contribution < -0.4 is 10.6 Å². The summed E-state index contributed by atoms with van der Waals surface area (Å²) < 4.78 is 13.8.